The molecule has 1 aliphatic heterocycles. The average molecular weight is 281 g/mol. The molecule has 0 radical (unpaired) electrons. The topological polar surface area (TPSA) is 32.5 Å². The molecule has 118 valence electrons. The lowest BCUT2D eigenvalue weighted by molar-refractivity contribution is -0.0265. The van der Waals surface area contributed by atoms with E-state index in [0.29, 0.717) is 6.04 Å². The number of hydrogen-bond acceptors (Lipinski definition) is 3. The van der Waals surface area contributed by atoms with Gasteiger partial charge in [-0.15, -0.1) is 0 Å². The summed E-state index contributed by atoms with van der Waals surface area (Å²) in [6.07, 6.45) is 8.16. The molecule has 3 atom stereocenters. The van der Waals surface area contributed by atoms with E-state index in [0.717, 1.165) is 18.4 Å². The third-order valence-electron chi connectivity index (χ3n) is 5.75. The highest BCUT2D eigenvalue weighted by Crippen LogP contribution is 2.44. The standard InChI is InChI=1S/C17H35N3/c1-14(2)16-9-5-6-10-17(16,13-18)20-11-7-8-15(20)12-19(3)4/h14-16H,5-13,18H2,1-4H3. The van der Waals surface area contributed by atoms with Gasteiger partial charge in [-0.05, 0) is 58.2 Å². The van der Waals surface area contributed by atoms with Crippen molar-refractivity contribution in [2.75, 3.05) is 33.7 Å². The quantitative estimate of drug-likeness (QED) is 0.840. The fourth-order valence-electron chi connectivity index (χ4n) is 4.96. The summed E-state index contributed by atoms with van der Waals surface area (Å²) in [6.45, 7) is 8.10. The number of nitrogens with zero attached hydrogens (tertiary/aromatic N) is 2. The second-order valence-corrected chi connectivity index (χ2v) is 7.66. The van der Waals surface area contributed by atoms with E-state index in [1.807, 2.05) is 0 Å². The van der Waals surface area contributed by atoms with Crippen LogP contribution in [0.4, 0.5) is 0 Å². The lowest BCUT2D eigenvalue weighted by atomic mass is 9.66. The molecule has 3 nitrogen and oxygen atoms in total. The molecule has 2 rings (SSSR count). The van der Waals surface area contributed by atoms with E-state index in [1.165, 1.54) is 51.6 Å². The smallest absolute Gasteiger partial charge is 0.0365 e. The molecule has 2 N–H and O–H groups in total. The normalized spacial score (nSPS) is 36.1. The first-order valence-electron chi connectivity index (χ1n) is 8.63. The monoisotopic (exact) mass is 281 g/mol. The number of hydrogen-bond donors (Lipinski definition) is 1. The molecule has 0 aromatic heterocycles. The van der Waals surface area contributed by atoms with Gasteiger partial charge in [0.1, 0.15) is 0 Å². The highest BCUT2D eigenvalue weighted by atomic mass is 15.3. The Morgan fingerprint density at radius 2 is 1.95 bits per heavy atom. The lowest BCUT2D eigenvalue weighted by Crippen LogP contribution is -2.63. The Bertz CT molecular complexity index is 303. The van der Waals surface area contributed by atoms with E-state index < -0.39 is 0 Å². The van der Waals surface area contributed by atoms with Gasteiger partial charge in [0.25, 0.3) is 0 Å². The van der Waals surface area contributed by atoms with E-state index in [9.17, 15) is 0 Å². The lowest BCUT2D eigenvalue weighted by Gasteiger charge is -2.53. The van der Waals surface area contributed by atoms with Crippen molar-refractivity contribution in [1.82, 2.24) is 9.80 Å². The first kappa shape index (κ1) is 16.3. The van der Waals surface area contributed by atoms with E-state index in [4.69, 9.17) is 5.73 Å². The predicted octanol–water partition coefficient (Wildman–Crippen LogP) is 2.56. The van der Waals surface area contributed by atoms with Crippen molar-refractivity contribution < 1.29 is 0 Å². The summed E-state index contributed by atoms with van der Waals surface area (Å²) in [5.41, 5.74) is 6.67. The van der Waals surface area contributed by atoms with Crippen LogP contribution in [0.3, 0.4) is 0 Å². The SMILES string of the molecule is CC(C)C1CCCCC1(CN)N1CCCC1CN(C)C. The Morgan fingerprint density at radius 3 is 2.55 bits per heavy atom. The van der Waals surface area contributed by atoms with Crippen molar-refractivity contribution in [3.8, 4) is 0 Å². The van der Waals surface area contributed by atoms with Crippen LogP contribution in [0, 0.1) is 11.8 Å². The molecule has 0 spiro atoms. The van der Waals surface area contributed by atoms with E-state index in [-0.39, 0.29) is 5.54 Å². The fourth-order valence-corrected chi connectivity index (χ4v) is 4.96. The summed E-state index contributed by atoms with van der Waals surface area (Å²) in [5.74, 6) is 1.53. The summed E-state index contributed by atoms with van der Waals surface area (Å²) in [7, 11) is 4.40. The van der Waals surface area contributed by atoms with Crippen LogP contribution in [-0.4, -0.2) is 55.1 Å². The molecule has 1 aliphatic carbocycles. The summed E-state index contributed by atoms with van der Waals surface area (Å²) in [5, 5.41) is 0. The average Bonchev–Trinajstić information content (AvgIpc) is 2.86. The van der Waals surface area contributed by atoms with Gasteiger partial charge >= 0.3 is 0 Å². The molecule has 3 unspecified atom stereocenters. The highest BCUT2D eigenvalue weighted by Gasteiger charge is 2.48. The van der Waals surface area contributed by atoms with Crippen LogP contribution < -0.4 is 5.73 Å². The van der Waals surface area contributed by atoms with Gasteiger partial charge in [-0.2, -0.15) is 0 Å². The summed E-state index contributed by atoms with van der Waals surface area (Å²) < 4.78 is 0. The van der Waals surface area contributed by atoms with Gasteiger partial charge < -0.3 is 10.6 Å². The predicted molar refractivity (Wildman–Crippen MR) is 86.9 cm³/mol. The first-order valence-corrected chi connectivity index (χ1v) is 8.63. The second kappa shape index (κ2) is 6.76. The molecule has 1 saturated heterocycles. The molecule has 1 saturated carbocycles. The van der Waals surface area contributed by atoms with Crippen molar-refractivity contribution in [2.24, 2.45) is 17.6 Å². The van der Waals surface area contributed by atoms with E-state index >= 15 is 0 Å². The van der Waals surface area contributed by atoms with Crippen LogP contribution in [0.25, 0.3) is 0 Å². The summed E-state index contributed by atoms with van der Waals surface area (Å²) in [4.78, 5) is 5.18. The van der Waals surface area contributed by atoms with Gasteiger partial charge in [0.05, 0.1) is 0 Å². The Labute approximate surface area is 125 Å². The Kier molecular flexibility index (Phi) is 5.49. The molecule has 2 aliphatic rings. The molecule has 20 heavy (non-hydrogen) atoms. The largest absolute Gasteiger partial charge is 0.329 e. The number of nitrogens with two attached hydrogens (primary N) is 1. The van der Waals surface area contributed by atoms with Crippen LogP contribution in [-0.2, 0) is 0 Å². The number of rotatable bonds is 5. The van der Waals surface area contributed by atoms with Crippen molar-refractivity contribution in [3.63, 3.8) is 0 Å². The Hall–Kier alpha value is -0.120. The molecular weight excluding hydrogens is 246 g/mol. The zero-order valence-electron chi connectivity index (χ0n) is 14.1. The second-order valence-electron chi connectivity index (χ2n) is 7.66. The molecule has 0 aromatic carbocycles. The maximum atomic E-state index is 6.38. The van der Waals surface area contributed by atoms with Gasteiger partial charge in [0.15, 0.2) is 0 Å². The van der Waals surface area contributed by atoms with Crippen LogP contribution in [0.1, 0.15) is 52.4 Å². The van der Waals surface area contributed by atoms with Crippen molar-refractivity contribution in [2.45, 2.75) is 64.0 Å². The zero-order valence-corrected chi connectivity index (χ0v) is 14.1. The van der Waals surface area contributed by atoms with E-state index in [1.54, 1.807) is 0 Å². The molecule has 0 bridgehead atoms. The minimum absolute atomic E-state index is 0.281. The minimum atomic E-state index is 0.281. The fraction of sp³-hybridized carbons (Fsp3) is 1.00. The van der Waals surface area contributed by atoms with Gasteiger partial charge in [-0.1, -0.05) is 26.7 Å². The van der Waals surface area contributed by atoms with Crippen LogP contribution in [0.5, 0.6) is 0 Å². The molecule has 2 fully saturated rings. The van der Waals surface area contributed by atoms with E-state index in [2.05, 4.69) is 37.7 Å². The van der Waals surface area contributed by atoms with Crippen LogP contribution >= 0.6 is 0 Å². The van der Waals surface area contributed by atoms with Gasteiger partial charge in [-0.3, -0.25) is 4.90 Å². The molecule has 1 heterocycles. The summed E-state index contributed by atoms with van der Waals surface area (Å²) in [6, 6.07) is 0.716. The molecule has 3 heteroatoms. The van der Waals surface area contributed by atoms with Crippen molar-refractivity contribution in [3.05, 3.63) is 0 Å². The third-order valence-corrected chi connectivity index (χ3v) is 5.75. The first-order chi connectivity index (χ1) is 9.51. The Balaban J connectivity index is 2.23. The zero-order chi connectivity index (χ0) is 14.8. The third kappa shape index (κ3) is 3.05. The van der Waals surface area contributed by atoms with Crippen molar-refractivity contribution >= 4 is 0 Å². The van der Waals surface area contributed by atoms with Crippen molar-refractivity contribution in [1.29, 1.82) is 0 Å². The van der Waals surface area contributed by atoms with Crippen LogP contribution in [0.15, 0.2) is 0 Å². The number of likely N-dealkylation sites (tertiary alicyclic amines) is 1. The van der Waals surface area contributed by atoms with Crippen LogP contribution in [0.2, 0.25) is 0 Å². The number of likely N-dealkylation sites (N-methyl/N-ethyl adjacent to an activating group) is 1. The Morgan fingerprint density at radius 1 is 1.20 bits per heavy atom. The molecule has 0 amide bonds. The highest BCUT2D eigenvalue weighted by molar-refractivity contribution is 5.04. The van der Waals surface area contributed by atoms with Gasteiger partial charge in [0.2, 0.25) is 0 Å². The summed E-state index contributed by atoms with van der Waals surface area (Å²) >= 11 is 0. The minimum Gasteiger partial charge on any atom is -0.329 e. The molecule has 0 aromatic rings. The maximum absolute atomic E-state index is 6.38. The maximum Gasteiger partial charge on any atom is 0.0365 e. The van der Waals surface area contributed by atoms with Gasteiger partial charge in [0, 0.05) is 24.7 Å². The molecular formula is C17H35N3. The van der Waals surface area contributed by atoms with Gasteiger partial charge in [-0.25, -0.2) is 0 Å².